The third-order valence-corrected chi connectivity index (χ3v) is 6.64. The van der Waals surface area contributed by atoms with E-state index < -0.39 is 23.5 Å². The lowest BCUT2D eigenvalue weighted by Crippen LogP contribution is -2.43. The predicted octanol–water partition coefficient (Wildman–Crippen LogP) is 5.05. The zero-order valence-corrected chi connectivity index (χ0v) is 18.8. The van der Waals surface area contributed by atoms with E-state index in [9.17, 15) is 19.5 Å². The standard InChI is InChI=1S/C26H21ClN2O5/c27-21-13-15(23(30)29-26(11-12-26)24(31)32)9-10-22(21)28-25(33)34-14-20-18-7-3-1-5-16(18)17-6-2-4-8-19(17)20/h1-10,13,20H,11-12,14H2,(H,28,33)(H,29,30)(H,31,32). The highest BCUT2D eigenvalue weighted by molar-refractivity contribution is 6.34. The van der Waals surface area contributed by atoms with Crippen molar-refractivity contribution in [2.45, 2.75) is 24.3 Å². The average molecular weight is 477 g/mol. The average Bonchev–Trinajstić information content (AvgIpc) is 3.55. The summed E-state index contributed by atoms with van der Waals surface area (Å²) in [5.74, 6) is -1.65. The van der Waals surface area contributed by atoms with Crippen LogP contribution in [0.3, 0.4) is 0 Å². The summed E-state index contributed by atoms with van der Waals surface area (Å²) in [5.41, 5.74) is 3.80. The molecule has 2 amide bonds. The lowest BCUT2D eigenvalue weighted by atomic mass is 9.98. The largest absolute Gasteiger partial charge is 0.480 e. The molecule has 172 valence electrons. The van der Waals surface area contributed by atoms with Crippen LogP contribution < -0.4 is 10.6 Å². The van der Waals surface area contributed by atoms with Gasteiger partial charge in [0.25, 0.3) is 5.91 Å². The smallest absolute Gasteiger partial charge is 0.411 e. The Morgan fingerprint density at radius 3 is 2.15 bits per heavy atom. The van der Waals surface area contributed by atoms with Gasteiger partial charge in [0.2, 0.25) is 0 Å². The van der Waals surface area contributed by atoms with Crippen molar-refractivity contribution in [3.05, 3.63) is 88.4 Å². The molecular formula is C26H21ClN2O5. The first kappa shape index (κ1) is 22.0. The van der Waals surface area contributed by atoms with Crippen molar-refractivity contribution in [3.63, 3.8) is 0 Å². The fourth-order valence-electron chi connectivity index (χ4n) is 4.31. The SMILES string of the molecule is O=C(Nc1ccc(C(=O)NC2(C(=O)O)CC2)cc1Cl)OCC1c2ccccc2-c2ccccc21. The Kier molecular flexibility index (Phi) is 5.49. The van der Waals surface area contributed by atoms with Gasteiger partial charge in [-0.15, -0.1) is 0 Å². The topological polar surface area (TPSA) is 105 Å². The summed E-state index contributed by atoms with van der Waals surface area (Å²) < 4.78 is 5.52. The summed E-state index contributed by atoms with van der Waals surface area (Å²) >= 11 is 6.26. The number of carboxylic acid groups (broad SMARTS) is 1. The summed E-state index contributed by atoms with van der Waals surface area (Å²) in [6, 6.07) is 20.5. The van der Waals surface area contributed by atoms with E-state index in [-0.39, 0.29) is 28.8 Å². The molecule has 0 heterocycles. The van der Waals surface area contributed by atoms with Gasteiger partial charge in [-0.05, 0) is 53.3 Å². The molecule has 0 spiro atoms. The van der Waals surface area contributed by atoms with E-state index in [2.05, 4.69) is 22.8 Å². The fraction of sp³-hybridized carbons (Fsp3) is 0.192. The number of fused-ring (bicyclic) bond motifs is 3. The molecule has 3 aromatic carbocycles. The van der Waals surface area contributed by atoms with Crippen LogP contribution in [0.25, 0.3) is 11.1 Å². The molecule has 5 rings (SSSR count). The number of hydrogen-bond donors (Lipinski definition) is 3. The Hall–Kier alpha value is -3.84. The molecule has 1 saturated carbocycles. The van der Waals surface area contributed by atoms with Crippen LogP contribution in [0.5, 0.6) is 0 Å². The van der Waals surface area contributed by atoms with E-state index in [1.54, 1.807) is 0 Å². The lowest BCUT2D eigenvalue weighted by Gasteiger charge is -2.15. The van der Waals surface area contributed by atoms with Gasteiger partial charge in [-0.1, -0.05) is 60.1 Å². The number of benzene rings is 3. The minimum Gasteiger partial charge on any atom is -0.480 e. The Morgan fingerprint density at radius 2 is 1.59 bits per heavy atom. The highest BCUT2D eigenvalue weighted by Crippen LogP contribution is 2.44. The van der Waals surface area contributed by atoms with E-state index in [1.807, 2.05) is 36.4 Å². The Labute approximate surface area is 200 Å². The Balaban J connectivity index is 1.23. The molecule has 0 saturated heterocycles. The van der Waals surface area contributed by atoms with E-state index in [0.717, 1.165) is 22.3 Å². The second kappa shape index (κ2) is 8.50. The number of amides is 2. The Bertz CT molecular complexity index is 1270. The molecule has 7 nitrogen and oxygen atoms in total. The van der Waals surface area contributed by atoms with Crippen LogP contribution in [0, 0.1) is 0 Å². The molecule has 8 heteroatoms. The van der Waals surface area contributed by atoms with E-state index >= 15 is 0 Å². The first-order valence-corrected chi connectivity index (χ1v) is 11.2. The fourth-order valence-corrected chi connectivity index (χ4v) is 4.54. The van der Waals surface area contributed by atoms with Crippen LogP contribution in [0.4, 0.5) is 10.5 Å². The van der Waals surface area contributed by atoms with Crippen molar-refractivity contribution in [2.24, 2.45) is 0 Å². The van der Waals surface area contributed by atoms with Crippen LogP contribution in [0.15, 0.2) is 66.7 Å². The number of nitrogens with one attached hydrogen (secondary N) is 2. The van der Waals surface area contributed by atoms with Crippen LogP contribution >= 0.6 is 11.6 Å². The van der Waals surface area contributed by atoms with Gasteiger partial charge in [-0.2, -0.15) is 0 Å². The summed E-state index contributed by atoms with van der Waals surface area (Å²) in [5, 5.41) is 14.5. The van der Waals surface area contributed by atoms with E-state index in [1.165, 1.54) is 18.2 Å². The van der Waals surface area contributed by atoms with Gasteiger partial charge < -0.3 is 15.2 Å². The van der Waals surface area contributed by atoms with Crippen LogP contribution in [-0.2, 0) is 9.53 Å². The molecular weight excluding hydrogens is 456 g/mol. The third-order valence-electron chi connectivity index (χ3n) is 6.32. The maximum absolute atomic E-state index is 12.5. The van der Waals surface area contributed by atoms with Crippen molar-refractivity contribution < 1.29 is 24.2 Å². The number of carbonyl (C=O) groups is 3. The number of carbonyl (C=O) groups excluding carboxylic acids is 2. The third kappa shape index (κ3) is 3.99. The minimum atomic E-state index is -1.19. The first-order chi connectivity index (χ1) is 16.4. The normalized spacial score (nSPS) is 15.1. The quantitative estimate of drug-likeness (QED) is 0.462. The van der Waals surface area contributed by atoms with Crippen molar-refractivity contribution in [1.29, 1.82) is 0 Å². The number of ether oxygens (including phenoxy) is 1. The molecule has 0 unspecified atom stereocenters. The second-order valence-electron chi connectivity index (χ2n) is 8.49. The van der Waals surface area contributed by atoms with Gasteiger partial charge in [0.1, 0.15) is 12.1 Å². The summed E-state index contributed by atoms with van der Waals surface area (Å²) in [4.78, 5) is 36.2. The summed E-state index contributed by atoms with van der Waals surface area (Å²) in [7, 11) is 0. The summed E-state index contributed by atoms with van der Waals surface area (Å²) in [6.07, 6.45) is 0.121. The summed E-state index contributed by atoms with van der Waals surface area (Å²) in [6.45, 7) is 0.162. The molecule has 1 fully saturated rings. The number of halogens is 1. The zero-order chi connectivity index (χ0) is 23.9. The molecule has 2 aliphatic carbocycles. The number of rotatable bonds is 6. The Morgan fingerprint density at radius 1 is 0.971 bits per heavy atom. The molecule has 0 bridgehead atoms. The van der Waals surface area contributed by atoms with Crippen LogP contribution in [-0.4, -0.2) is 35.2 Å². The molecule has 34 heavy (non-hydrogen) atoms. The molecule has 0 atom stereocenters. The minimum absolute atomic E-state index is 0.0660. The van der Waals surface area contributed by atoms with Gasteiger partial charge >= 0.3 is 12.1 Å². The molecule has 3 N–H and O–H groups in total. The molecule has 3 aromatic rings. The van der Waals surface area contributed by atoms with Crippen LogP contribution in [0.2, 0.25) is 5.02 Å². The van der Waals surface area contributed by atoms with E-state index in [0.29, 0.717) is 12.8 Å². The zero-order valence-electron chi connectivity index (χ0n) is 18.0. The highest BCUT2D eigenvalue weighted by atomic mass is 35.5. The highest BCUT2D eigenvalue weighted by Gasteiger charge is 2.51. The number of aliphatic carboxylic acids is 1. The van der Waals surface area contributed by atoms with E-state index in [4.69, 9.17) is 16.3 Å². The molecule has 0 aromatic heterocycles. The van der Waals surface area contributed by atoms with Gasteiger partial charge in [-0.25, -0.2) is 9.59 Å². The van der Waals surface area contributed by atoms with Crippen LogP contribution in [0.1, 0.15) is 40.2 Å². The molecule has 0 aliphatic heterocycles. The maximum atomic E-state index is 12.5. The monoisotopic (exact) mass is 476 g/mol. The number of hydrogen-bond acceptors (Lipinski definition) is 4. The van der Waals surface area contributed by atoms with Gasteiger partial charge in [0.05, 0.1) is 10.7 Å². The maximum Gasteiger partial charge on any atom is 0.411 e. The number of anilines is 1. The first-order valence-electron chi connectivity index (χ1n) is 10.9. The van der Waals surface area contributed by atoms with Gasteiger partial charge in [0.15, 0.2) is 0 Å². The van der Waals surface area contributed by atoms with Gasteiger partial charge in [-0.3, -0.25) is 10.1 Å². The van der Waals surface area contributed by atoms with Crippen molar-refractivity contribution in [3.8, 4) is 11.1 Å². The lowest BCUT2D eigenvalue weighted by molar-refractivity contribution is -0.140. The second-order valence-corrected chi connectivity index (χ2v) is 8.89. The van der Waals surface area contributed by atoms with Gasteiger partial charge in [0, 0.05) is 11.5 Å². The van der Waals surface area contributed by atoms with Crippen molar-refractivity contribution >= 4 is 35.3 Å². The predicted molar refractivity (Wildman–Crippen MR) is 127 cm³/mol. The molecule has 0 radical (unpaired) electrons. The van der Waals surface area contributed by atoms with Crippen molar-refractivity contribution in [1.82, 2.24) is 5.32 Å². The molecule has 2 aliphatic rings. The van der Waals surface area contributed by atoms with Crippen molar-refractivity contribution in [2.75, 3.05) is 11.9 Å². The number of carboxylic acids is 1.